The van der Waals surface area contributed by atoms with E-state index >= 15 is 0 Å². The molecule has 0 bridgehead atoms. The molecule has 0 aliphatic heterocycles. The van der Waals surface area contributed by atoms with Crippen molar-refractivity contribution in [2.45, 2.75) is 19.9 Å². The first-order valence-corrected chi connectivity index (χ1v) is 6.18. The summed E-state index contributed by atoms with van der Waals surface area (Å²) in [5.74, 6) is 0.725. The van der Waals surface area contributed by atoms with E-state index in [-0.39, 0.29) is 6.54 Å². The second-order valence-corrected chi connectivity index (χ2v) is 4.45. The Kier molecular flexibility index (Phi) is 6.17. The molecule has 110 valence electrons. The molecule has 0 spiro atoms. The van der Waals surface area contributed by atoms with Crippen molar-refractivity contribution in [2.24, 2.45) is 7.05 Å². The highest BCUT2D eigenvalue weighted by Crippen LogP contribution is 2.22. The van der Waals surface area contributed by atoms with Crippen LogP contribution in [-0.4, -0.2) is 50.1 Å². The average molecular weight is 276 g/mol. The van der Waals surface area contributed by atoms with E-state index in [1.807, 2.05) is 6.92 Å². The van der Waals surface area contributed by atoms with Crippen molar-refractivity contribution in [3.05, 3.63) is 11.3 Å². The van der Waals surface area contributed by atoms with Crippen LogP contribution in [0.3, 0.4) is 0 Å². The van der Waals surface area contributed by atoms with Crippen LogP contribution in [0.15, 0.2) is 0 Å². The lowest BCUT2D eigenvalue weighted by Gasteiger charge is -2.20. The lowest BCUT2D eigenvalue weighted by Crippen LogP contribution is -2.28. The Balaban J connectivity index is 2.78. The van der Waals surface area contributed by atoms with Crippen molar-refractivity contribution in [2.75, 3.05) is 38.8 Å². The van der Waals surface area contributed by atoms with Gasteiger partial charge in [0.25, 0.3) is 6.43 Å². The third-order valence-corrected chi connectivity index (χ3v) is 2.87. The second kappa shape index (κ2) is 7.40. The lowest BCUT2D eigenvalue weighted by molar-refractivity contribution is 0.156. The van der Waals surface area contributed by atoms with E-state index in [4.69, 9.17) is 4.74 Å². The van der Waals surface area contributed by atoms with Crippen molar-refractivity contribution in [1.29, 1.82) is 0 Å². The summed E-state index contributed by atoms with van der Waals surface area (Å²) in [7, 11) is 5.06. The molecule has 1 aromatic heterocycles. The fraction of sp³-hybridized carbons (Fsp3) is 0.750. The maximum absolute atomic E-state index is 12.5. The molecule has 0 saturated carbocycles. The zero-order chi connectivity index (χ0) is 14.4. The van der Waals surface area contributed by atoms with E-state index in [1.54, 1.807) is 25.9 Å². The number of anilines is 1. The Hall–Kier alpha value is -1.21. The van der Waals surface area contributed by atoms with Gasteiger partial charge in [0.15, 0.2) is 0 Å². The van der Waals surface area contributed by atoms with Gasteiger partial charge in [-0.15, -0.1) is 0 Å². The normalized spacial score (nSPS) is 11.3. The van der Waals surface area contributed by atoms with Crippen LogP contribution in [0.5, 0.6) is 0 Å². The van der Waals surface area contributed by atoms with Crippen molar-refractivity contribution in [1.82, 2.24) is 15.1 Å². The maximum Gasteiger partial charge on any atom is 0.255 e. The largest absolute Gasteiger partial charge is 0.383 e. The first-order valence-electron chi connectivity index (χ1n) is 6.18. The number of rotatable bonds is 8. The summed E-state index contributed by atoms with van der Waals surface area (Å²) in [4.78, 5) is 1.54. The molecular formula is C12H22F2N4O. The van der Waals surface area contributed by atoms with Crippen LogP contribution in [0.25, 0.3) is 0 Å². The number of halogens is 2. The third kappa shape index (κ3) is 4.43. The first-order chi connectivity index (χ1) is 8.97. The quantitative estimate of drug-likeness (QED) is 0.724. The Morgan fingerprint density at radius 3 is 2.74 bits per heavy atom. The summed E-state index contributed by atoms with van der Waals surface area (Å²) in [6, 6.07) is 0. The standard InChI is InChI=1S/C12H22F2N4O/c1-9-10(7-15-5-6-19-4)12(18(3)16-9)17(2)8-11(13)14/h11,15H,5-8H2,1-4H3. The number of alkyl halides is 2. The SMILES string of the molecule is COCCNCc1c(C)nn(C)c1N(C)CC(F)F. The maximum atomic E-state index is 12.5. The number of ether oxygens (including phenoxy) is 1. The highest BCUT2D eigenvalue weighted by atomic mass is 19.3. The molecule has 0 atom stereocenters. The summed E-state index contributed by atoms with van der Waals surface area (Å²) in [5, 5.41) is 7.51. The van der Waals surface area contributed by atoms with Crippen LogP contribution in [0.2, 0.25) is 0 Å². The van der Waals surface area contributed by atoms with Gasteiger partial charge in [-0.1, -0.05) is 0 Å². The molecule has 0 aliphatic rings. The number of nitrogens with zero attached hydrogens (tertiary/aromatic N) is 3. The van der Waals surface area contributed by atoms with Gasteiger partial charge in [-0.25, -0.2) is 8.78 Å². The summed E-state index contributed by atoms with van der Waals surface area (Å²) in [6.07, 6.45) is -2.37. The Bertz CT molecular complexity index is 395. The molecule has 7 heteroatoms. The van der Waals surface area contributed by atoms with E-state index in [9.17, 15) is 8.78 Å². The second-order valence-electron chi connectivity index (χ2n) is 4.45. The summed E-state index contributed by atoms with van der Waals surface area (Å²) in [5.41, 5.74) is 1.80. The van der Waals surface area contributed by atoms with Gasteiger partial charge < -0.3 is 15.0 Å². The molecule has 1 N–H and O–H groups in total. The average Bonchev–Trinajstić information content (AvgIpc) is 2.58. The van der Waals surface area contributed by atoms with E-state index < -0.39 is 6.43 Å². The minimum Gasteiger partial charge on any atom is -0.383 e. The van der Waals surface area contributed by atoms with Crippen molar-refractivity contribution in [3.8, 4) is 0 Å². The molecule has 0 fully saturated rings. The van der Waals surface area contributed by atoms with Crippen molar-refractivity contribution < 1.29 is 13.5 Å². The topological polar surface area (TPSA) is 42.3 Å². The monoisotopic (exact) mass is 276 g/mol. The number of hydrogen-bond donors (Lipinski definition) is 1. The van der Waals surface area contributed by atoms with Gasteiger partial charge in [-0.05, 0) is 6.92 Å². The molecule has 5 nitrogen and oxygen atoms in total. The molecule has 0 amide bonds. The summed E-state index contributed by atoms with van der Waals surface area (Å²) in [6.45, 7) is 3.49. The van der Waals surface area contributed by atoms with Crippen molar-refractivity contribution in [3.63, 3.8) is 0 Å². The van der Waals surface area contributed by atoms with Crippen molar-refractivity contribution >= 4 is 5.82 Å². The molecule has 1 rings (SSSR count). The van der Waals surface area contributed by atoms with Crippen LogP contribution in [0.1, 0.15) is 11.3 Å². The molecule has 1 aromatic rings. The molecule has 0 aliphatic carbocycles. The number of hydrogen-bond acceptors (Lipinski definition) is 4. The first kappa shape index (κ1) is 15.8. The van der Waals surface area contributed by atoms with Crippen LogP contribution in [0.4, 0.5) is 14.6 Å². The van der Waals surface area contributed by atoms with Gasteiger partial charge in [0.05, 0.1) is 18.8 Å². The minimum atomic E-state index is -2.37. The number of nitrogens with one attached hydrogen (secondary N) is 1. The van der Waals surface area contributed by atoms with Gasteiger partial charge in [0, 0.05) is 39.9 Å². The molecule has 19 heavy (non-hydrogen) atoms. The number of aromatic nitrogens is 2. The fourth-order valence-corrected chi connectivity index (χ4v) is 2.06. The van der Waals surface area contributed by atoms with Gasteiger partial charge in [-0.3, -0.25) is 4.68 Å². The van der Waals surface area contributed by atoms with E-state index in [0.717, 1.165) is 17.1 Å². The molecule has 0 saturated heterocycles. The Morgan fingerprint density at radius 2 is 2.16 bits per heavy atom. The molecular weight excluding hydrogens is 254 g/mol. The van der Waals surface area contributed by atoms with Gasteiger partial charge in [-0.2, -0.15) is 5.10 Å². The Labute approximate surface area is 112 Å². The number of methoxy groups -OCH3 is 1. The highest BCUT2D eigenvalue weighted by molar-refractivity contribution is 5.49. The predicted octanol–water partition coefficient (Wildman–Crippen LogP) is 1.17. The van der Waals surface area contributed by atoms with Crippen LogP contribution < -0.4 is 10.2 Å². The zero-order valence-electron chi connectivity index (χ0n) is 11.9. The highest BCUT2D eigenvalue weighted by Gasteiger charge is 2.18. The van der Waals surface area contributed by atoms with E-state index in [0.29, 0.717) is 19.7 Å². The van der Waals surface area contributed by atoms with Crippen LogP contribution in [-0.2, 0) is 18.3 Å². The molecule has 0 unspecified atom stereocenters. The number of aryl methyl sites for hydroxylation is 2. The Morgan fingerprint density at radius 1 is 1.47 bits per heavy atom. The van der Waals surface area contributed by atoms with E-state index in [2.05, 4.69) is 10.4 Å². The van der Waals surface area contributed by atoms with Gasteiger partial charge in [0.1, 0.15) is 5.82 Å². The third-order valence-electron chi connectivity index (χ3n) is 2.87. The van der Waals surface area contributed by atoms with Crippen LogP contribution in [0, 0.1) is 6.92 Å². The zero-order valence-corrected chi connectivity index (χ0v) is 11.9. The molecule has 0 aromatic carbocycles. The smallest absolute Gasteiger partial charge is 0.255 e. The van der Waals surface area contributed by atoms with Gasteiger partial charge >= 0.3 is 0 Å². The fourth-order valence-electron chi connectivity index (χ4n) is 2.06. The lowest BCUT2D eigenvalue weighted by atomic mass is 10.2. The molecule has 0 radical (unpaired) electrons. The summed E-state index contributed by atoms with van der Waals surface area (Å²) >= 11 is 0. The van der Waals surface area contributed by atoms with Crippen LogP contribution >= 0.6 is 0 Å². The van der Waals surface area contributed by atoms with E-state index in [1.165, 1.54) is 4.90 Å². The minimum absolute atomic E-state index is 0.302. The predicted molar refractivity (Wildman–Crippen MR) is 70.8 cm³/mol. The molecule has 1 heterocycles. The van der Waals surface area contributed by atoms with Gasteiger partial charge in [0.2, 0.25) is 0 Å². The summed E-state index contributed by atoms with van der Waals surface area (Å²) < 4.78 is 31.6.